The van der Waals surface area contributed by atoms with Crippen LogP contribution in [0.15, 0.2) is 33.9 Å². The maximum Gasteiger partial charge on any atom is 0.277 e. The quantitative estimate of drug-likeness (QED) is 0.760. The maximum absolute atomic E-state index is 12.0. The van der Waals surface area contributed by atoms with Crippen molar-refractivity contribution in [1.82, 2.24) is 15.5 Å². The van der Waals surface area contributed by atoms with Crippen molar-refractivity contribution in [3.63, 3.8) is 0 Å². The number of methoxy groups -OCH3 is 1. The summed E-state index contributed by atoms with van der Waals surface area (Å²) >= 11 is 1.26. The fourth-order valence-corrected chi connectivity index (χ4v) is 3.54. The molecule has 0 radical (unpaired) electrons. The van der Waals surface area contributed by atoms with E-state index in [0.29, 0.717) is 17.0 Å². The molecular weight excluding hydrogens is 338 g/mol. The minimum Gasteiger partial charge on any atom is -0.497 e. The van der Waals surface area contributed by atoms with Crippen molar-refractivity contribution in [1.29, 1.82) is 0 Å². The van der Waals surface area contributed by atoms with Gasteiger partial charge in [-0.15, -0.1) is 10.2 Å². The molecule has 1 aliphatic rings. The number of hydrogen-bond acceptors (Lipinski definition) is 6. The van der Waals surface area contributed by atoms with Gasteiger partial charge in [-0.3, -0.25) is 4.79 Å². The van der Waals surface area contributed by atoms with E-state index in [1.54, 1.807) is 7.11 Å². The molecule has 1 heterocycles. The summed E-state index contributed by atoms with van der Waals surface area (Å²) in [7, 11) is 1.62. The zero-order chi connectivity index (χ0) is 17.5. The Balaban J connectivity index is 1.45. The van der Waals surface area contributed by atoms with Crippen LogP contribution in [0.3, 0.4) is 0 Å². The molecule has 0 aliphatic heterocycles. The highest BCUT2D eigenvalue weighted by Crippen LogP contribution is 2.25. The molecule has 7 heteroatoms. The first-order valence-electron chi connectivity index (χ1n) is 8.62. The lowest BCUT2D eigenvalue weighted by Crippen LogP contribution is -2.31. The predicted octanol–water partition coefficient (Wildman–Crippen LogP) is 3.53. The van der Waals surface area contributed by atoms with Crippen LogP contribution in [0, 0.1) is 5.92 Å². The summed E-state index contributed by atoms with van der Waals surface area (Å²) in [6, 6.07) is 7.39. The Bertz CT molecular complexity index is 681. The SMILES string of the molecule is COc1ccc(-c2nnc(SCC(=O)NCC3CCCCC3)o2)cc1. The van der Waals surface area contributed by atoms with E-state index in [1.165, 1.54) is 43.9 Å². The van der Waals surface area contributed by atoms with Crippen LogP contribution < -0.4 is 10.1 Å². The molecular formula is C18H23N3O3S. The van der Waals surface area contributed by atoms with E-state index in [-0.39, 0.29) is 11.7 Å². The van der Waals surface area contributed by atoms with Crippen LogP contribution in [0.4, 0.5) is 0 Å². The minimum atomic E-state index is 0.0137. The largest absolute Gasteiger partial charge is 0.497 e. The number of nitrogens with zero attached hydrogens (tertiary/aromatic N) is 2. The number of thioether (sulfide) groups is 1. The van der Waals surface area contributed by atoms with Crippen molar-refractivity contribution in [2.24, 2.45) is 5.92 Å². The lowest BCUT2D eigenvalue weighted by molar-refractivity contribution is -0.118. The Morgan fingerprint density at radius 1 is 1.24 bits per heavy atom. The van der Waals surface area contributed by atoms with Gasteiger partial charge in [0.05, 0.1) is 12.9 Å². The van der Waals surface area contributed by atoms with Crippen molar-refractivity contribution in [3.8, 4) is 17.2 Å². The molecule has 2 aromatic rings. The van der Waals surface area contributed by atoms with E-state index in [9.17, 15) is 4.79 Å². The van der Waals surface area contributed by atoms with Crippen LogP contribution in [0.2, 0.25) is 0 Å². The second-order valence-electron chi connectivity index (χ2n) is 6.20. The van der Waals surface area contributed by atoms with Gasteiger partial charge in [-0.05, 0) is 43.0 Å². The topological polar surface area (TPSA) is 77.2 Å². The van der Waals surface area contributed by atoms with Crippen LogP contribution in [0.5, 0.6) is 5.75 Å². The molecule has 134 valence electrons. The molecule has 1 aliphatic carbocycles. The number of hydrogen-bond donors (Lipinski definition) is 1. The van der Waals surface area contributed by atoms with Gasteiger partial charge in [-0.25, -0.2) is 0 Å². The molecule has 0 saturated heterocycles. The van der Waals surface area contributed by atoms with Gasteiger partial charge in [0.1, 0.15) is 5.75 Å². The second-order valence-corrected chi connectivity index (χ2v) is 7.13. The van der Waals surface area contributed by atoms with Crippen molar-refractivity contribution >= 4 is 17.7 Å². The molecule has 0 atom stereocenters. The van der Waals surface area contributed by atoms with Gasteiger partial charge in [-0.1, -0.05) is 31.0 Å². The van der Waals surface area contributed by atoms with E-state index in [2.05, 4.69) is 15.5 Å². The van der Waals surface area contributed by atoms with Crippen LogP contribution in [-0.4, -0.2) is 35.5 Å². The third-order valence-corrected chi connectivity index (χ3v) is 5.20. The molecule has 25 heavy (non-hydrogen) atoms. The predicted molar refractivity (Wildman–Crippen MR) is 96.6 cm³/mol. The molecule has 0 bridgehead atoms. The summed E-state index contributed by atoms with van der Waals surface area (Å²) in [6.07, 6.45) is 6.34. The van der Waals surface area contributed by atoms with Crippen molar-refractivity contribution < 1.29 is 13.9 Å². The Morgan fingerprint density at radius 3 is 2.72 bits per heavy atom. The van der Waals surface area contributed by atoms with Crippen molar-refractivity contribution in [3.05, 3.63) is 24.3 Å². The summed E-state index contributed by atoms with van der Waals surface area (Å²) in [6.45, 7) is 0.778. The van der Waals surface area contributed by atoms with E-state index < -0.39 is 0 Å². The van der Waals surface area contributed by atoms with E-state index in [1.807, 2.05) is 24.3 Å². The van der Waals surface area contributed by atoms with Gasteiger partial charge in [0.2, 0.25) is 11.8 Å². The van der Waals surface area contributed by atoms with Gasteiger partial charge >= 0.3 is 0 Å². The third-order valence-electron chi connectivity index (χ3n) is 4.38. The van der Waals surface area contributed by atoms with E-state index in [4.69, 9.17) is 9.15 Å². The Morgan fingerprint density at radius 2 is 2.00 bits per heavy atom. The minimum absolute atomic E-state index is 0.0137. The monoisotopic (exact) mass is 361 g/mol. The Hall–Kier alpha value is -2.02. The first-order chi connectivity index (χ1) is 12.2. The molecule has 0 unspecified atom stereocenters. The van der Waals surface area contributed by atoms with Crippen LogP contribution in [-0.2, 0) is 4.79 Å². The molecule has 1 fully saturated rings. The highest BCUT2D eigenvalue weighted by molar-refractivity contribution is 7.99. The number of aromatic nitrogens is 2. The van der Waals surface area contributed by atoms with E-state index in [0.717, 1.165) is 17.9 Å². The van der Waals surface area contributed by atoms with Gasteiger partial charge < -0.3 is 14.5 Å². The number of amides is 1. The smallest absolute Gasteiger partial charge is 0.277 e. The lowest BCUT2D eigenvalue weighted by Gasteiger charge is -2.21. The Kier molecular flexibility index (Phi) is 6.33. The van der Waals surface area contributed by atoms with Crippen LogP contribution >= 0.6 is 11.8 Å². The highest BCUT2D eigenvalue weighted by atomic mass is 32.2. The normalized spacial score (nSPS) is 15.1. The molecule has 3 rings (SSSR count). The van der Waals surface area contributed by atoms with Crippen molar-refractivity contribution in [2.75, 3.05) is 19.4 Å². The second kappa shape index (κ2) is 8.89. The zero-order valence-electron chi connectivity index (χ0n) is 14.4. The number of rotatable bonds is 7. The van der Waals surface area contributed by atoms with Gasteiger partial charge in [0.15, 0.2) is 0 Å². The average molecular weight is 361 g/mol. The van der Waals surface area contributed by atoms with Gasteiger partial charge in [0.25, 0.3) is 5.22 Å². The number of carbonyl (C=O) groups excluding carboxylic acids is 1. The Labute approximate surface area is 151 Å². The standard InChI is InChI=1S/C18H23N3O3S/c1-23-15-9-7-14(8-10-15)17-20-21-18(24-17)25-12-16(22)19-11-13-5-3-2-4-6-13/h7-10,13H,2-6,11-12H2,1H3,(H,19,22). The van der Waals surface area contributed by atoms with E-state index >= 15 is 0 Å². The number of benzene rings is 1. The number of nitrogens with one attached hydrogen (secondary N) is 1. The summed E-state index contributed by atoms with van der Waals surface area (Å²) < 4.78 is 10.7. The average Bonchev–Trinajstić information content (AvgIpc) is 3.14. The molecule has 1 aromatic carbocycles. The van der Waals surface area contributed by atoms with Gasteiger partial charge in [-0.2, -0.15) is 0 Å². The number of carbonyl (C=O) groups is 1. The summed E-state index contributed by atoms with van der Waals surface area (Å²) in [4.78, 5) is 12.0. The molecule has 1 amide bonds. The summed E-state index contributed by atoms with van der Waals surface area (Å²) in [5.41, 5.74) is 0.821. The van der Waals surface area contributed by atoms with Crippen LogP contribution in [0.1, 0.15) is 32.1 Å². The fraction of sp³-hybridized carbons (Fsp3) is 0.500. The molecule has 1 saturated carbocycles. The number of ether oxygens (including phenoxy) is 1. The summed E-state index contributed by atoms with van der Waals surface area (Å²) in [5, 5.41) is 11.4. The molecule has 0 spiro atoms. The van der Waals surface area contributed by atoms with Crippen molar-refractivity contribution in [2.45, 2.75) is 37.3 Å². The summed E-state index contributed by atoms with van der Waals surface area (Å²) in [5.74, 6) is 2.14. The first kappa shape index (κ1) is 17.8. The third kappa shape index (κ3) is 5.22. The van der Waals surface area contributed by atoms with Gasteiger partial charge in [0, 0.05) is 12.1 Å². The lowest BCUT2D eigenvalue weighted by atomic mass is 9.89. The first-order valence-corrected chi connectivity index (χ1v) is 9.60. The molecule has 1 aromatic heterocycles. The highest BCUT2D eigenvalue weighted by Gasteiger charge is 2.15. The molecule has 6 nitrogen and oxygen atoms in total. The molecule has 1 N–H and O–H groups in total. The zero-order valence-corrected chi connectivity index (χ0v) is 15.2. The fourth-order valence-electron chi connectivity index (χ4n) is 2.95. The van der Waals surface area contributed by atoms with Crippen LogP contribution in [0.25, 0.3) is 11.5 Å². The maximum atomic E-state index is 12.0.